The predicted molar refractivity (Wildman–Crippen MR) is 112 cm³/mol. The molecule has 4 nitrogen and oxygen atoms in total. The number of benzene rings is 2. The zero-order chi connectivity index (χ0) is 19.8. The average molecular weight is 394 g/mol. The van der Waals surface area contributed by atoms with Gasteiger partial charge in [0.25, 0.3) is 11.1 Å². The van der Waals surface area contributed by atoms with Gasteiger partial charge in [0.1, 0.15) is 5.82 Å². The summed E-state index contributed by atoms with van der Waals surface area (Å²) in [6, 6.07) is 14.1. The molecule has 1 aromatic heterocycles. The summed E-state index contributed by atoms with van der Waals surface area (Å²) >= 11 is 0.835. The van der Waals surface area contributed by atoms with E-state index in [4.69, 9.17) is 0 Å². The van der Waals surface area contributed by atoms with E-state index in [1.165, 1.54) is 18.2 Å². The Morgan fingerprint density at radius 1 is 1.11 bits per heavy atom. The molecule has 2 heterocycles. The van der Waals surface area contributed by atoms with Crippen LogP contribution in [0.15, 0.2) is 59.6 Å². The highest BCUT2D eigenvalue weighted by Crippen LogP contribution is 2.38. The van der Waals surface area contributed by atoms with E-state index in [2.05, 4.69) is 18.4 Å². The van der Waals surface area contributed by atoms with Crippen LogP contribution < -0.4 is 4.90 Å². The van der Waals surface area contributed by atoms with Crippen molar-refractivity contribution >= 4 is 45.6 Å². The predicted octanol–water partition coefficient (Wildman–Crippen LogP) is 5.99. The van der Waals surface area contributed by atoms with Gasteiger partial charge in [0.2, 0.25) is 0 Å². The van der Waals surface area contributed by atoms with E-state index in [0.717, 1.165) is 39.5 Å². The maximum absolute atomic E-state index is 14.1. The van der Waals surface area contributed by atoms with E-state index in [1.807, 2.05) is 30.5 Å². The summed E-state index contributed by atoms with van der Waals surface area (Å²) in [5.74, 6) is -1.10. The van der Waals surface area contributed by atoms with Gasteiger partial charge in [-0.15, -0.1) is 0 Å². The molecule has 0 aliphatic carbocycles. The van der Waals surface area contributed by atoms with E-state index >= 15 is 0 Å². The fourth-order valence-electron chi connectivity index (χ4n) is 3.36. The quantitative estimate of drug-likeness (QED) is 0.510. The third-order valence-corrected chi connectivity index (χ3v) is 5.88. The SMILES string of the molecule is CC[C@H](C)n1cc(/C=C2/SC(=O)N(c3ccccc3F)C2=O)c2ccccc21. The fourth-order valence-corrected chi connectivity index (χ4v) is 4.18. The number of hydrogen-bond acceptors (Lipinski definition) is 3. The van der Waals surface area contributed by atoms with Crippen LogP contribution in [0.25, 0.3) is 17.0 Å². The number of carbonyl (C=O) groups is 2. The Hall–Kier alpha value is -2.86. The molecule has 1 fully saturated rings. The van der Waals surface area contributed by atoms with Crippen LogP contribution in [0.4, 0.5) is 14.9 Å². The van der Waals surface area contributed by atoms with Gasteiger partial charge in [-0.2, -0.15) is 0 Å². The minimum atomic E-state index is -0.598. The molecular formula is C22H19FN2O2S. The topological polar surface area (TPSA) is 42.3 Å². The number of fused-ring (bicyclic) bond motifs is 1. The number of hydrogen-bond donors (Lipinski definition) is 0. The number of thioether (sulfide) groups is 1. The molecule has 142 valence electrons. The monoisotopic (exact) mass is 394 g/mol. The number of amides is 2. The van der Waals surface area contributed by atoms with Crippen molar-refractivity contribution in [2.45, 2.75) is 26.3 Å². The van der Waals surface area contributed by atoms with Crippen LogP contribution in [0.1, 0.15) is 31.9 Å². The summed E-state index contributed by atoms with van der Waals surface area (Å²) < 4.78 is 16.3. The number of rotatable bonds is 4. The summed E-state index contributed by atoms with van der Waals surface area (Å²) in [4.78, 5) is 26.5. The van der Waals surface area contributed by atoms with Crippen molar-refractivity contribution in [3.63, 3.8) is 0 Å². The van der Waals surface area contributed by atoms with Crippen LogP contribution in [-0.2, 0) is 4.79 Å². The number of aromatic nitrogens is 1. The molecule has 1 saturated heterocycles. The van der Waals surface area contributed by atoms with E-state index in [-0.39, 0.29) is 5.69 Å². The highest BCUT2D eigenvalue weighted by atomic mass is 32.2. The van der Waals surface area contributed by atoms with E-state index in [9.17, 15) is 14.0 Å². The summed E-state index contributed by atoms with van der Waals surface area (Å²) in [5.41, 5.74) is 1.93. The second-order valence-corrected chi connectivity index (χ2v) is 7.73. The number of para-hydroxylation sites is 2. The van der Waals surface area contributed by atoms with Gasteiger partial charge in [0.05, 0.1) is 10.6 Å². The molecule has 1 aliphatic rings. The Bertz CT molecular complexity index is 1120. The van der Waals surface area contributed by atoms with Crippen LogP contribution >= 0.6 is 11.8 Å². The highest BCUT2D eigenvalue weighted by molar-refractivity contribution is 8.19. The molecule has 6 heteroatoms. The molecule has 0 radical (unpaired) electrons. The number of carbonyl (C=O) groups excluding carboxylic acids is 2. The third-order valence-electron chi connectivity index (χ3n) is 5.01. The highest BCUT2D eigenvalue weighted by Gasteiger charge is 2.37. The Balaban J connectivity index is 1.77. The van der Waals surface area contributed by atoms with Crippen molar-refractivity contribution in [2.75, 3.05) is 4.90 Å². The summed E-state index contributed by atoms with van der Waals surface area (Å²) in [7, 11) is 0. The lowest BCUT2D eigenvalue weighted by atomic mass is 10.1. The first-order valence-electron chi connectivity index (χ1n) is 9.13. The first kappa shape index (κ1) is 18.5. The van der Waals surface area contributed by atoms with E-state index < -0.39 is 17.0 Å². The minimum Gasteiger partial charge on any atom is -0.344 e. The minimum absolute atomic E-state index is 0.0181. The summed E-state index contributed by atoms with van der Waals surface area (Å²) in [6.07, 6.45) is 4.71. The van der Waals surface area contributed by atoms with Crippen molar-refractivity contribution in [2.24, 2.45) is 0 Å². The van der Waals surface area contributed by atoms with Gasteiger partial charge < -0.3 is 4.57 Å². The van der Waals surface area contributed by atoms with Crippen LogP contribution in [0.5, 0.6) is 0 Å². The molecule has 2 aromatic carbocycles. The lowest BCUT2D eigenvalue weighted by molar-refractivity contribution is -0.113. The van der Waals surface area contributed by atoms with Crippen molar-refractivity contribution in [1.29, 1.82) is 0 Å². The number of imide groups is 1. The standard InChI is InChI=1S/C22H19FN2O2S/c1-3-14(2)24-13-15(16-8-4-6-10-18(16)24)12-20-21(26)25(22(27)28-20)19-11-7-5-9-17(19)23/h4-14H,3H2,1-2H3/b20-12+/t14-/m0/s1. The zero-order valence-corrected chi connectivity index (χ0v) is 16.4. The van der Waals surface area contributed by atoms with Gasteiger partial charge in [-0.25, -0.2) is 9.29 Å². The van der Waals surface area contributed by atoms with Gasteiger partial charge in [0, 0.05) is 28.7 Å². The Morgan fingerprint density at radius 3 is 2.57 bits per heavy atom. The normalized spacial score (nSPS) is 17.1. The lowest BCUT2D eigenvalue weighted by Crippen LogP contribution is -2.28. The molecule has 0 N–H and O–H groups in total. The van der Waals surface area contributed by atoms with Gasteiger partial charge in [-0.3, -0.25) is 9.59 Å². The first-order valence-corrected chi connectivity index (χ1v) is 9.95. The second kappa shape index (κ2) is 7.28. The number of nitrogens with zero attached hydrogens (tertiary/aromatic N) is 2. The van der Waals surface area contributed by atoms with Crippen LogP contribution in [-0.4, -0.2) is 15.7 Å². The maximum Gasteiger partial charge on any atom is 0.298 e. The molecule has 0 spiro atoms. The zero-order valence-electron chi connectivity index (χ0n) is 15.6. The molecule has 2 amide bonds. The van der Waals surface area contributed by atoms with Gasteiger partial charge in [-0.1, -0.05) is 37.3 Å². The second-order valence-electron chi connectivity index (χ2n) is 6.73. The third kappa shape index (κ3) is 3.03. The van der Waals surface area contributed by atoms with Crippen LogP contribution in [0.3, 0.4) is 0 Å². The molecule has 0 bridgehead atoms. The van der Waals surface area contributed by atoms with Crippen LogP contribution in [0, 0.1) is 5.82 Å². The first-order chi connectivity index (χ1) is 13.5. The maximum atomic E-state index is 14.1. The van der Waals surface area contributed by atoms with Crippen molar-refractivity contribution in [1.82, 2.24) is 4.57 Å². The average Bonchev–Trinajstić information content (AvgIpc) is 3.20. The Kier molecular flexibility index (Phi) is 4.81. The van der Waals surface area contributed by atoms with E-state index in [1.54, 1.807) is 12.1 Å². The molecular weight excluding hydrogens is 375 g/mol. The number of anilines is 1. The molecule has 1 atom stereocenters. The van der Waals surface area contributed by atoms with Crippen molar-refractivity contribution in [3.8, 4) is 0 Å². The fraction of sp³-hybridized carbons (Fsp3) is 0.182. The molecule has 0 unspecified atom stereocenters. The smallest absolute Gasteiger partial charge is 0.298 e. The Labute approximate surface area is 166 Å². The largest absolute Gasteiger partial charge is 0.344 e. The summed E-state index contributed by atoms with van der Waals surface area (Å²) in [6.45, 7) is 4.27. The summed E-state index contributed by atoms with van der Waals surface area (Å²) in [5, 5.41) is 0.521. The molecule has 4 rings (SSSR count). The van der Waals surface area contributed by atoms with Gasteiger partial charge in [-0.05, 0) is 49.4 Å². The number of halogens is 1. The Morgan fingerprint density at radius 2 is 1.82 bits per heavy atom. The van der Waals surface area contributed by atoms with Gasteiger partial charge >= 0.3 is 0 Å². The molecule has 28 heavy (non-hydrogen) atoms. The molecule has 3 aromatic rings. The van der Waals surface area contributed by atoms with Crippen LogP contribution in [0.2, 0.25) is 0 Å². The van der Waals surface area contributed by atoms with E-state index in [0.29, 0.717) is 10.9 Å². The lowest BCUT2D eigenvalue weighted by Gasteiger charge is -2.12. The van der Waals surface area contributed by atoms with Crippen molar-refractivity contribution < 1.29 is 14.0 Å². The molecule has 0 saturated carbocycles. The van der Waals surface area contributed by atoms with Crippen molar-refractivity contribution in [3.05, 3.63) is 71.0 Å². The molecule has 1 aliphatic heterocycles. The van der Waals surface area contributed by atoms with Gasteiger partial charge in [0.15, 0.2) is 0 Å².